The van der Waals surface area contributed by atoms with Crippen LogP contribution >= 0.6 is 11.3 Å². The van der Waals surface area contributed by atoms with Gasteiger partial charge in [-0.3, -0.25) is 0 Å². The maximum absolute atomic E-state index is 11.4. The van der Waals surface area contributed by atoms with E-state index in [1.54, 1.807) is 23.3 Å². The lowest BCUT2D eigenvalue weighted by Crippen LogP contribution is -2.05. The van der Waals surface area contributed by atoms with Gasteiger partial charge in [-0.2, -0.15) is 0 Å². The van der Waals surface area contributed by atoms with E-state index >= 15 is 0 Å². The Morgan fingerprint density at radius 1 is 1.48 bits per heavy atom. The van der Waals surface area contributed by atoms with E-state index in [4.69, 9.17) is 4.42 Å². The Morgan fingerprint density at radius 3 is 2.86 bits per heavy atom. The number of aromatic nitrogens is 4. The topological polar surface area (TPSA) is 94.0 Å². The van der Waals surface area contributed by atoms with Crippen LogP contribution in [0.5, 0.6) is 0 Å². The van der Waals surface area contributed by atoms with E-state index in [0.29, 0.717) is 12.2 Å². The van der Waals surface area contributed by atoms with Crippen LogP contribution in [-0.4, -0.2) is 31.1 Å². The Morgan fingerprint density at radius 2 is 2.29 bits per heavy atom. The first-order chi connectivity index (χ1) is 10.1. The van der Waals surface area contributed by atoms with Crippen molar-refractivity contribution < 1.29 is 14.3 Å². The molecule has 0 aliphatic carbocycles. The predicted molar refractivity (Wildman–Crippen MR) is 75.4 cm³/mol. The van der Waals surface area contributed by atoms with Gasteiger partial charge in [0.25, 0.3) is 0 Å². The van der Waals surface area contributed by atoms with Gasteiger partial charge in [0.2, 0.25) is 0 Å². The van der Waals surface area contributed by atoms with Crippen molar-refractivity contribution in [1.29, 1.82) is 0 Å². The molecule has 0 aliphatic heterocycles. The normalized spacial score (nSPS) is 11.0. The number of furan rings is 1. The highest BCUT2D eigenvalue weighted by molar-refractivity contribution is 7.15. The molecule has 1 N–H and O–H groups in total. The highest BCUT2D eigenvalue weighted by atomic mass is 32.1. The lowest BCUT2D eigenvalue weighted by atomic mass is 10.2. The van der Waals surface area contributed by atoms with Crippen molar-refractivity contribution in [2.45, 2.75) is 20.4 Å². The highest BCUT2D eigenvalue weighted by Gasteiger charge is 2.24. The van der Waals surface area contributed by atoms with Gasteiger partial charge in [0.15, 0.2) is 5.69 Å². The van der Waals surface area contributed by atoms with Crippen molar-refractivity contribution in [3.8, 4) is 10.6 Å². The van der Waals surface area contributed by atoms with Gasteiger partial charge >= 0.3 is 5.97 Å². The fourth-order valence-electron chi connectivity index (χ4n) is 2.10. The van der Waals surface area contributed by atoms with Crippen LogP contribution in [0, 0.1) is 13.8 Å². The molecule has 3 aromatic heterocycles. The predicted octanol–water partition coefficient (Wildman–Crippen LogP) is 2.36. The fraction of sp³-hybridized carbons (Fsp3) is 0.231. The molecule has 3 heterocycles. The quantitative estimate of drug-likeness (QED) is 0.795. The zero-order valence-corrected chi connectivity index (χ0v) is 12.2. The monoisotopic (exact) mass is 304 g/mol. The fourth-order valence-corrected chi connectivity index (χ4v) is 3.07. The van der Waals surface area contributed by atoms with Gasteiger partial charge < -0.3 is 9.52 Å². The first-order valence-electron chi connectivity index (χ1n) is 6.18. The first kappa shape index (κ1) is 13.5. The van der Waals surface area contributed by atoms with E-state index in [1.807, 2.05) is 13.8 Å². The molecule has 0 radical (unpaired) electrons. The molecule has 0 aromatic carbocycles. The molecule has 0 saturated carbocycles. The molecule has 0 bridgehead atoms. The lowest BCUT2D eigenvalue weighted by Gasteiger charge is -2.04. The molecule has 7 nitrogen and oxygen atoms in total. The van der Waals surface area contributed by atoms with Crippen LogP contribution in [0.4, 0.5) is 0 Å². The Hall–Kier alpha value is -2.48. The average molecular weight is 304 g/mol. The minimum absolute atomic E-state index is 0.0646. The first-order valence-corrected chi connectivity index (χ1v) is 7.00. The molecule has 8 heteroatoms. The number of rotatable bonds is 4. The third kappa shape index (κ3) is 2.45. The molecule has 0 amide bonds. The molecule has 0 atom stereocenters. The summed E-state index contributed by atoms with van der Waals surface area (Å²) < 4.78 is 6.59. The van der Waals surface area contributed by atoms with Crippen molar-refractivity contribution in [1.82, 2.24) is 20.0 Å². The van der Waals surface area contributed by atoms with Gasteiger partial charge in [0, 0.05) is 5.56 Å². The second kappa shape index (κ2) is 5.13. The van der Waals surface area contributed by atoms with Crippen molar-refractivity contribution in [3.63, 3.8) is 0 Å². The molecule has 108 valence electrons. The molecule has 0 aliphatic rings. The van der Waals surface area contributed by atoms with Gasteiger partial charge in [-0.25, -0.2) is 14.5 Å². The highest BCUT2D eigenvalue weighted by Crippen LogP contribution is 2.31. The van der Waals surface area contributed by atoms with Gasteiger partial charge in [0.05, 0.1) is 34.6 Å². The van der Waals surface area contributed by atoms with Crippen LogP contribution in [0.1, 0.15) is 26.8 Å². The Kier molecular flexibility index (Phi) is 3.30. The summed E-state index contributed by atoms with van der Waals surface area (Å²) in [6.45, 7) is 4.12. The largest absolute Gasteiger partial charge is 0.476 e. The second-order valence-electron chi connectivity index (χ2n) is 4.53. The van der Waals surface area contributed by atoms with Crippen LogP contribution in [0.15, 0.2) is 23.0 Å². The number of hydrogen-bond acceptors (Lipinski definition) is 6. The molecule has 21 heavy (non-hydrogen) atoms. The molecule has 0 spiro atoms. The Bertz CT molecular complexity index is 789. The minimum Gasteiger partial charge on any atom is -0.476 e. The molecule has 0 unspecified atom stereocenters. The van der Waals surface area contributed by atoms with Crippen molar-refractivity contribution >= 4 is 17.3 Å². The number of thiazole rings is 1. The van der Waals surface area contributed by atoms with Gasteiger partial charge in [-0.05, 0) is 19.9 Å². The third-order valence-electron chi connectivity index (χ3n) is 2.97. The van der Waals surface area contributed by atoms with E-state index < -0.39 is 5.97 Å². The summed E-state index contributed by atoms with van der Waals surface area (Å²) in [6.07, 6.45) is 3.16. The summed E-state index contributed by atoms with van der Waals surface area (Å²) in [5, 5.41) is 17.9. The summed E-state index contributed by atoms with van der Waals surface area (Å²) in [6, 6.07) is 1.80. The maximum Gasteiger partial charge on any atom is 0.358 e. The average Bonchev–Trinajstić information content (AvgIpc) is 3.11. The summed E-state index contributed by atoms with van der Waals surface area (Å²) in [5.41, 5.74) is 2.07. The number of carboxylic acid groups (broad SMARTS) is 1. The van der Waals surface area contributed by atoms with Crippen LogP contribution in [0.2, 0.25) is 0 Å². The van der Waals surface area contributed by atoms with E-state index in [-0.39, 0.29) is 5.69 Å². The van der Waals surface area contributed by atoms with Crippen LogP contribution in [0.3, 0.4) is 0 Å². The minimum atomic E-state index is -1.10. The molecule has 3 aromatic rings. The van der Waals surface area contributed by atoms with Gasteiger partial charge in [-0.1, -0.05) is 5.21 Å². The van der Waals surface area contributed by atoms with Crippen molar-refractivity contribution in [2.24, 2.45) is 0 Å². The van der Waals surface area contributed by atoms with Crippen LogP contribution < -0.4 is 0 Å². The molecule has 3 rings (SSSR count). The zero-order chi connectivity index (χ0) is 15.0. The number of aryl methyl sites for hydroxylation is 2. The number of hydrogen-bond donors (Lipinski definition) is 1. The Labute approximate surface area is 123 Å². The van der Waals surface area contributed by atoms with Crippen LogP contribution in [0.25, 0.3) is 10.6 Å². The van der Waals surface area contributed by atoms with E-state index in [0.717, 1.165) is 21.1 Å². The number of aromatic carboxylic acids is 1. The van der Waals surface area contributed by atoms with E-state index in [2.05, 4.69) is 15.3 Å². The van der Waals surface area contributed by atoms with Crippen molar-refractivity contribution in [2.75, 3.05) is 0 Å². The number of nitrogens with zero attached hydrogens (tertiary/aromatic N) is 4. The lowest BCUT2D eigenvalue weighted by molar-refractivity contribution is 0.0691. The van der Waals surface area contributed by atoms with Crippen LogP contribution in [-0.2, 0) is 6.54 Å². The standard InChI is InChI=1S/C13H12N4O3S/c1-7-12(21-8(2)14-7)11-10(13(18)19)15-16-17(11)5-9-3-4-20-6-9/h3-4,6H,5H2,1-2H3,(H,18,19). The molecule has 0 fully saturated rings. The zero-order valence-electron chi connectivity index (χ0n) is 11.4. The summed E-state index contributed by atoms with van der Waals surface area (Å²) >= 11 is 1.43. The number of carboxylic acids is 1. The third-order valence-corrected chi connectivity index (χ3v) is 4.05. The smallest absolute Gasteiger partial charge is 0.358 e. The van der Waals surface area contributed by atoms with E-state index in [9.17, 15) is 9.90 Å². The Balaban J connectivity index is 2.13. The second-order valence-corrected chi connectivity index (χ2v) is 5.73. The molecule has 0 saturated heterocycles. The summed E-state index contributed by atoms with van der Waals surface area (Å²) in [7, 11) is 0. The summed E-state index contributed by atoms with van der Waals surface area (Å²) in [4.78, 5) is 16.5. The molecular formula is C13H12N4O3S. The number of carbonyl (C=O) groups is 1. The SMILES string of the molecule is Cc1nc(C)c(-c2c(C(=O)O)nnn2Cc2ccoc2)s1. The molecular weight excluding hydrogens is 292 g/mol. The van der Waals surface area contributed by atoms with Crippen molar-refractivity contribution in [3.05, 3.63) is 40.6 Å². The van der Waals surface area contributed by atoms with Gasteiger partial charge in [-0.15, -0.1) is 16.4 Å². The van der Waals surface area contributed by atoms with Gasteiger partial charge in [0.1, 0.15) is 5.69 Å². The van der Waals surface area contributed by atoms with E-state index in [1.165, 1.54) is 11.3 Å². The summed E-state index contributed by atoms with van der Waals surface area (Å²) in [5.74, 6) is -1.10. The maximum atomic E-state index is 11.4.